The number of carbonyl (C=O) groups excluding carboxylic acids is 2. The fraction of sp³-hybridized carbons (Fsp3) is 0.667. The Hall–Kier alpha value is -2.07. The number of esters is 2. The van der Waals surface area contributed by atoms with E-state index in [-0.39, 0.29) is 5.82 Å². The minimum atomic E-state index is -2.28. The van der Waals surface area contributed by atoms with Gasteiger partial charge >= 0.3 is 17.6 Å². The largest absolute Gasteiger partial charge is 0.475 e. The smallest absolute Gasteiger partial charge is 0.351 e. The molecule has 13 heteroatoms. The number of ether oxygens (including phenoxy) is 3. The van der Waals surface area contributed by atoms with Crippen LogP contribution in [0.1, 0.15) is 34.0 Å². The molecule has 0 aliphatic rings. The summed E-state index contributed by atoms with van der Waals surface area (Å²) in [4.78, 5) is 40.5. The molecule has 0 aromatic carbocycles. The first-order chi connectivity index (χ1) is 14.2. The summed E-state index contributed by atoms with van der Waals surface area (Å²) >= 11 is 6.23. The van der Waals surface area contributed by atoms with Crippen LogP contribution in [-0.2, 0) is 23.8 Å². The van der Waals surface area contributed by atoms with Crippen LogP contribution in [0.25, 0.3) is 0 Å². The fourth-order valence-corrected chi connectivity index (χ4v) is 3.43. The van der Waals surface area contributed by atoms with Gasteiger partial charge in [0.05, 0.1) is 23.1 Å². The summed E-state index contributed by atoms with van der Waals surface area (Å²) in [5, 5.41) is -1.57. The quantitative estimate of drug-likeness (QED) is 0.285. The van der Waals surface area contributed by atoms with Gasteiger partial charge in [0.2, 0.25) is 6.30 Å². The first-order valence-electron chi connectivity index (χ1n) is 9.77. The second-order valence-corrected chi connectivity index (χ2v) is 8.51. The summed E-state index contributed by atoms with van der Waals surface area (Å²) in [6.45, 7) is 6.37. The van der Waals surface area contributed by atoms with E-state index >= 15 is 4.39 Å². The van der Waals surface area contributed by atoms with Gasteiger partial charge in [-0.05, 0) is 6.07 Å². The monoisotopic (exact) mass is 459 g/mol. The normalized spacial score (nSPS) is 15.9. The van der Waals surface area contributed by atoms with Crippen molar-refractivity contribution in [2.45, 2.75) is 51.1 Å². The minimum Gasteiger partial charge on any atom is -0.475 e. The van der Waals surface area contributed by atoms with Crippen LogP contribution in [0.15, 0.2) is 17.1 Å². The molecule has 0 radical (unpaired) electrons. The Morgan fingerprint density at radius 1 is 1.26 bits per heavy atom. The van der Waals surface area contributed by atoms with Gasteiger partial charge in [0, 0.05) is 13.3 Å². The van der Waals surface area contributed by atoms with Crippen LogP contribution in [0.5, 0.6) is 0 Å². The molecule has 9 nitrogen and oxygen atoms in total. The zero-order valence-electron chi connectivity index (χ0n) is 18.8. The highest BCUT2D eigenvalue weighted by Crippen LogP contribution is 2.38. The lowest BCUT2D eigenvalue weighted by Gasteiger charge is -2.49. The van der Waals surface area contributed by atoms with Crippen molar-refractivity contribution < 1.29 is 28.2 Å². The Kier molecular flexibility index (Phi) is 9.13. The molecule has 0 aliphatic carbocycles. The number of aromatic nitrogens is 2. The van der Waals surface area contributed by atoms with Crippen molar-refractivity contribution in [3.8, 4) is 0 Å². The molecule has 0 unspecified atom stereocenters. The van der Waals surface area contributed by atoms with Crippen LogP contribution in [-0.4, -0.2) is 67.3 Å². The molecule has 172 valence electrons. The first kappa shape index (κ1) is 27.0. The Bertz CT molecular complexity index is 848. The number of carbonyl (C=O) groups is 2. The number of hydrogen-bond donors (Lipinski definition) is 1. The average molecular weight is 460 g/mol. The summed E-state index contributed by atoms with van der Waals surface area (Å²) in [7, 11) is 4.15. The summed E-state index contributed by atoms with van der Waals surface area (Å²) in [6, 6.07) is 1.22. The summed E-state index contributed by atoms with van der Waals surface area (Å²) in [5.41, 5.74) is 2.60. The van der Waals surface area contributed by atoms with Crippen molar-refractivity contribution in [1.29, 1.82) is 0 Å². The van der Waals surface area contributed by atoms with E-state index in [1.807, 2.05) is 0 Å². The molecule has 1 heterocycles. The van der Waals surface area contributed by atoms with E-state index in [4.69, 9.17) is 31.5 Å². The van der Waals surface area contributed by atoms with E-state index < -0.39 is 58.7 Å². The third-order valence-electron chi connectivity index (χ3n) is 4.95. The van der Waals surface area contributed by atoms with Crippen LogP contribution < -0.4 is 11.4 Å². The van der Waals surface area contributed by atoms with Gasteiger partial charge in [0.1, 0.15) is 11.4 Å². The third-order valence-corrected chi connectivity index (χ3v) is 5.35. The van der Waals surface area contributed by atoms with E-state index in [2.05, 4.69) is 4.98 Å². The van der Waals surface area contributed by atoms with Gasteiger partial charge in [-0.15, -0.1) is 11.6 Å². The van der Waals surface area contributed by atoms with E-state index in [0.717, 1.165) is 6.20 Å². The zero-order chi connectivity index (χ0) is 24.1. The molecule has 0 fully saturated rings. The molecule has 1 aromatic rings. The highest BCUT2D eigenvalue weighted by Gasteiger charge is 2.58. The SMILES string of the molecule is BC(B)(OC(=O)C(C)C)[C@@](CCl)(OC)[C@@H](OC(=O)C(C)C)[C@@H](F)n1ccc(N)nc1=O. The number of anilines is 1. The maximum atomic E-state index is 15.8. The maximum Gasteiger partial charge on any atom is 0.351 e. The maximum absolute atomic E-state index is 15.8. The molecule has 0 spiro atoms. The van der Waals surface area contributed by atoms with Crippen molar-refractivity contribution in [2.75, 3.05) is 18.7 Å². The molecule has 1 rings (SSSR count). The first-order valence-corrected chi connectivity index (χ1v) is 10.3. The van der Waals surface area contributed by atoms with Gasteiger partial charge < -0.3 is 19.9 Å². The van der Waals surface area contributed by atoms with Crippen LogP contribution >= 0.6 is 11.6 Å². The lowest BCUT2D eigenvalue weighted by molar-refractivity contribution is -0.213. The van der Waals surface area contributed by atoms with E-state index in [1.54, 1.807) is 27.7 Å². The summed E-state index contributed by atoms with van der Waals surface area (Å²) < 4.78 is 33.1. The second-order valence-electron chi connectivity index (χ2n) is 8.24. The molecule has 0 saturated carbocycles. The molecular weight excluding hydrogens is 430 g/mol. The molecule has 0 bridgehead atoms. The predicted octanol–water partition coefficient (Wildman–Crippen LogP) is -0.395. The lowest BCUT2D eigenvalue weighted by Crippen LogP contribution is -2.69. The Labute approximate surface area is 187 Å². The van der Waals surface area contributed by atoms with Gasteiger partial charge in [-0.3, -0.25) is 14.2 Å². The third kappa shape index (κ3) is 5.79. The van der Waals surface area contributed by atoms with Crippen molar-refractivity contribution in [2.24, 2.45) is 11.8 Å². The highest BCUT2D eigenvalue weighted by atomic mass is 35.5. The molecule has 0 aliphatic heterocycles. The number of nitrogens with two attached hydrogens (primary N) is 1. The topological polar surface area (TPSA) is 123 Å². The number of hydrogen-bond acceptors (Lipinski definition) is 8. The van der Waals surface area contributed by atoms with Crippen LogP contribution in [0.2, 0.25) is 0 Å². The number of alkyl halides is 2. The Balaban J connectivity index is 3.65. The zero-order valence-corrected chi connectivity index (χ0v) is 19.6. The summed E-state index contributed by atoms with van der Waals surface area (Å²) in [6.07, 6.45) is -2.98. The fourth-order valence-electron chi connectivity index (χ4n) is 2.85. The van der Waals surface area contributed by atoms with Crippen LogP contribution in [0.3, 0.4) is 0 Å². The minimum absolute atomic E-state index is 0.106. The molecule has 3 atom stereocenters. The van der Waals surface area contributed by atoms with Crippen molar-refractivity contribution in [3.05, 3.63) is 22.7 Å². The van der Waals surface area contributed by atoms with E-state index in [0.29, 0.717) is 4.57 Å². The molecule has 31 heavy (non-hydrogen) atoms. The molecule has 0 amide bonds. The van der Waals surface area contributed by atoms with Gasteiger partial charge in [0.15, 0.2) is 21.8 Å². The molecule has 2 N–H and O–H groups in total. The van der Waals surface area contributed by atoms with Crippen molar-refractivity contribution in [3.63, 3.8) is 0 Å². The highest BCUT2D eigenvalue weighted by molar-refractivity contribution is 6.41. The molecule has 0 saturated heterocycles. The number of halogens is 2. The molecular formula is C18H29B2ClFN3O6. The van der Waals surface area contributed by atoms with Gasteiger partial charge in [-0.1, -0.05) is 27.7 Å². The Morgan fingerprint density at radius 2 is 1.81 bits per heavy atom. The Morgan fingerprint density at radius 3 is 2.23 bits per heavy atom. The standard InChI is InChI=1S/C18H29B2ClFN3O6/c1-9(2)14(26)30-12(13(22)25-7-6-11(23)24-16(25)28)17(8-21,29-5)18(19,20)31-15(27)10(3)4/h6-7,9-10,12-13H,8,19-20H2,1-5H3,(H2,23,24,28)/t12-,13-,17-/m0/s1. The van der Waals surface area contributed by atoms with E-state index in [9.17, 15) is 14.4 Å². The molecule has 1 aromatic heterocycles. The predicted molar refractivity (Wildman–Crippen MR) is 119 cm³/mol. The summed E-state index contributed by atoms with van der Waals surface area (Å²) in [5.74, 6) is -3.01. The number of nitrogen functional groups attached to an aromatic ring is 1. The lowest BCUT2D eigenvalue weighted by atomic mass is 9.54. The van der Waals surface area contributed by atoms with Crippen molar-refractivity contribution >= 4 is 45.0 Å². The van der Waals surface area contributed by atoms with Crippen LogP contribution in [0.4, 0.5) is 10.2 Å². The van der Waals surface area contributed by atoms with Gasteiger partial charge in [-0.25, -0.2) is 9.18 Å². The number of rotatable bonds is 10. The van der Waals surface area contributed by atoms with Crippen LogP contribution in [0, 0.1) is 11.8 Å². The average Bonchev–Trinajstić information content (AvgIpc) is 2.66. The number of methoxy groups -OCH3 is 1. The van der Waals surface area contributed by atoms with Gasteiger partial charge in [0.25, 0.3) is 0 Å². The van der Waals surface area contributed by atoms with E-state index in [1.165, 1.54) is 28.9 Å². The van der Waals surface area contributed by atoms with Gasteiger partial charge in [-0.2, -0.15) is 4.98 Å². The van der Waals surface area contributed by atoms with Crippen molar-refractivity contribution in [1.82, 2.24) is 9.55 Å². The second kappa shape index (κ2) is 10.5. The number of nitrogens with zero attached hydrogens (tertiary/aromatic N) is 2.